The maximum Gasteiger partial charge on any atom is 0.227 e. The van der Waals surface area contributed by atoms with Gasteiger partial charge >= 0.3 is 0 Å². The summed E-state index contributed by atoms with van der Waals surface area (Å²) in [4.78, 5) is 4.58. The minimum atomic E-state index is 0.355. The first kappa shape index (κ1) is 14.8. The van der Waals surface area contributed by atoms with Gasteiger partial charge < -0.3 is 10.3 Å². The second-order valence-corrected chi connectivity index (χ2v) is 7.89. The average molecular weight is 321 g/mol. The van der Waals surface area contributed by atoms with Gasteiger partial charge in [-0.1, -0.05) is 24.2 Å². The molecular formula is C15H19N3OS2. The van der Waals surface area contributed by atoms with E-state index in [1.807, 2.05) is 41.7 Å². The molecule has 1 fully saturated rings. The van der Waals surface area contributed by atoms with Crippen molar-refractivity contribution in [2.45, 2.75) is 30.3 Å². The summed E-state index contributed by atoms with van der Waals surface area (Å²) in [7, 11) is 0. The SMILES string of the molecule is CC1SCCSC1c1noc(CCc2cccc(N)c2)n1. The summed E-state index contributed by atoms with van der Waals surface area (Å²) in [5.41, 5.74) is 7.78. The van der Waals surface area contributed by atoms with Gasteiger partial charge in [0.1, 0.15) is 0 Å². The standard InChI is InChI=1S/C15H19N3OS2/c1-10-14(21-8-7-20-10)15-17-13(19-18-15)6-5-11-3-2-4-12(16)9-11/h2-4,9-10,14H,5-8,16H2,1H3. The zero-order chi connectivity index (χ0) is 14.7. The topological polar surface area (TPSA) is 64.9 Å². The molecule has 0 radical (unpaired) electrons. The number of nitrogen functional groups attached to an aromatic ring is 1. The van der Waals surface area contributed by atoms with Gasteiger partial charge in [0.25, 0.3) is 0 Å². The monoisotopic (exact) mass is 321 g/mol. The first-order valence-electron chi connectivity index (χ1n) is 7.12. The molecule has 6 heteroatoms. The summed E-state index contributed by atoms with van der Waals surface area (Å²) in [6.07, 6.45) is 1.63. The van der Waals surface area contributed by atoms with Gasteiger partial charge in [-0.05, 0) is 24.1 Å². The van der Waals surface area contributed by atoms with E-state index < -0.39 is 0 Å². The van der Waals surface area contributed by atoms with E-state index in [0.29, 0.717) is 10.5 Å². The molecule has 21 heavy (non-hydrogen) atoms. The van der Waals surface area contributed by atoms with Crippen molar-refractivity contribution in [1.82, 2.24) is 10.1 Å². The van der Waals surface area contributed by atoms with Gasteiger partial charge in [0.2, 0.25) is 5.89 Å². The molecule has 0 bridgehead atoms. The van der Waals surface area contributed by atoms with Crippen molar-refractivity contribution in [3.05, 3.63) is 41.5 Å². The third-order valence-corrected chi connectivity index (χ3v) is 6.59. The van der Waals surface area contributed by atoms with Crippen LogP contribution in [0.3, 0.4) is 0 Å². The van der Waals surface area contributed by atoms with E-state index in [1.54, 1.807) is 0 Å². The fourth-order valence-electron chi connectivity index (χ4n) is 2.40. The normalized spacial score (nSPS) is 22.3. The van der Waals surface area contributed by atoms with Crippen LogP contribution in [0, 0.1) is 0 Å². The van der Waals surface area contributed by atoms with Crippen LogP contribution >= 0.6 is 23.5 Å². The van der Waals surface area contributed by atoms with Crippen molar-refractivity contribution in [1.29, 1.82) is 0 Å². The molecule has 1 aromatic heterocycles. The van der Waals surface area contributed by atoms with Crippen molar-refractivity contribution in [2.24, 2.45) is 0 Å². The van der Waals surface area contributed by atoms with Crippen LogP contribution in [-0.4, -0.2) is 26.9 Å². The van der Waals surface area contributed by atoms with E-state index in [9.17, 15) is 0 Å². The summed E-state index contributed by atoms with van der Waals surface area (Å²) in [6, 6.07) is 7.94. The van der Waals surface area contributed by atoms with Crippen molar-refractivity contribution in [3.63, 3.8) is 0 Å². The van der Waals surface area contributed by atoms with Gasteiger partial charge in [0.05, 0.1) is 5.25 Å². The molecule has 0 aliphatic carbocycles. The third-order valence-electron chi connectivity index (χ3n) is 3.50. The Hall–Kier alpha value is -1.14. The molecule has 2 N–H and O–H groups in total. The molecule has 1 aliphatic rings. The molecule has 112 valence electrons. The third kappa shape index (κ3) is 3.74. The Morgan fingerprint density at radius 1 is 1.29 bits per heavy atom. The van der Waals surface area contributed by atoms with E-state index >= 15 is 0 Å². The molecule has 4 nitrogen and oxygen atoms in total. The molecule has 2 heterocycles. The highest BCUT2D eigenvalue weighted by molar-refractivity contribution is 8.06. The Kier molecular flexibility index (Phi) is 4.75. The Bertz CT molecular complexity index is 602. The summed E-state index contributed by atoms with van der Waals surface area (Å²) in [5, 5.41) is 5.07. The summed E-state index contributed by atoms with van der Waals surface area (Å²) >= 11 is 3.92. The molecule has 1 aromatic carbocycles. The number of aryl methyl sites for hydroxylation is 2. The van der Waals surface area contributed by atoms with Gasteiger partial charge in [-0.3, -0.25) is 0 Å². The molecule has 2 atom stereocenters. The molecule has 0 saturated carbocycles. The molecule has 2 unspecified atom stereocenters. The lowest BCUT2D eigenvalue weighted by Gasteiger charge is -2.24. The molecule has 0 amide bonds. The molecule has 1 saturated heterocycles. The number of nitrogens with zero attached hydrogens (tertiary/aromatic N) is 2. The Morgan fingerprint density at radius 3 is 2.95 bits per heavy atom. The van der Waals surface area contributed by atoms with Crippen LogP contribution in [0.15, 0.2) is 28.8 Å². The number of thioether (sulfide) groups is 2. The van der Waals surface area contributed by atoms with E-state index in [2.05, 4.69) is 23.1 Å². The zero-order valence-electron chi connectivity index (χ0n) is 12.0. The Labute approximate surface area is 133 Å². The fraction of sp³-hybridized carbons (Fsp3) is 0.467. The minimum Gasteiger partial charge on any atom is -0.399 e. The van der Waals surface area contributed by atoms with Crippen LogP contribution in [0.1, 0.15) is 29.5 Å². The lowest BCUT2D eigenvalue weighted by Crippen LogP contribution is -2.16. The highest BCUT2D eigenvalue weighted by Gasteiger charge is 2.28. The van der Waals surface area contributed by atoms with Gasteiger partial charge in [-0.25, -0.2) is 0 Å². The Morgan fingerprint density at radius 2 is 2.14 bits per heavy atom. The van der Waals surface area contributed by atoms with Crippen molar-refractivity contribution >= 4 is 29.2 Å². The van der Waals surface area contributed by atoms with Gasteiger partial charge in [0.15, 0.2) is 5.82 Å². The fourth-order valence-corrected chi connectivity index (χ4v) is 5.08. The predicted octanol–water partition coefficient (Wildman–Crippen LogP) is 3.35. The highest BCUT2D eigenvalue weighted by atomic mass is 32.2. The number of aromatic nitrogens is 2. The first-order valence-corrected chi connectivity index (χ1v) is 9.22. The second-order valence-electron chi connectivity index (χ2n) is 5.16. The molecule has 2 aromatic rings. The van der Waals surface area contributed by atoms with E-state index in [1.165, 1.54) is 11.3 Å². The van der Waals surface area contributed by atoms with Gasteiger partial charge in [-0.2, -0.15) is 16.7 Å². The number of rotatable bonds is 4. The minimum absolute atomic E-state index is 0.355. The molecule has 3 rings (SSSR count). The zero-order valence-corrected chi connectivity index (χ0v) is 13.6. The average Bonchev–Trinajstić information content (AvgIpc) is 2.94. The maximum absolute atomic E-state index is 5.79. The number of benzene rings is 1. The van der Waals surface area contributed by atoms with Crippen LogP contribution < -0.4 is 5.73 Å². The maximum atomic E-state index is 5.79. The van der Waals surface area contributed by atoms with Crippen LogP contribution in [-0.2, 0) is 12.8 Å². The van der Waals surface area contributed by atoms with E-state index in [0.717, 1.165) is 36.0 Å². The first-order chi connectivity index (χ1) is 10.2. The highest BCUT2D eigenvalue weighted by Crippen LogP contribution is 2.41. The van der Waals surface area contributed by atoms with Crippen LogP contribution in [0.25, 0.3) is 0 Å². The van der Waals surface area contributed by atoms with Crippen molar-refractivity contribution in [2.75, 3.05) is 17.2 Å². The largest absolute Gasteiger partial charge is 0.399 e. The molecule has 0 spiro atoms. The number of anilines is 1. The second kappa shape index (κ2) is 6.75. The quantitative estimate of drug-likeness (QED) is 0.871. The van der Waals surface area contributed by atoms with E-state index in [4.69, 9.17) is 10.3 Å². The lowest BCUT2D eigenvalue weighted by molar-refractivity contribution is 0.372. The van der Waals surface area contributed by atoms with Gasteiger partial charge in [-0.15, -0.1) is 11.8 Å². The summed E-state index contributed by atoms with van der Waals surface area (Å²) < 4.78 is 5.40. The lowest BCUT2D eigenvalue weighted by atomic mass is 10.1. The van der Waals surface area contributed by atoms with Crippen LogP contribution in [0.2, 0.25) is 0 Å². The molecular weight excluding hydrogens is 302 g/mol. The molecule has 1 aliphatic heterocycles. The number of hydrogen-bond donors (Lipinski definition) is 1. The van der Waals surface area contributed by atoms with Gasteiger partial charge in [0, 0.05) is 28.9 Å². The van der Waals surface area contributed by atoms with Crippen molar-refractivity contribution < 1.29 is 4.52 Å². The Balaban J connectivity index is 1.62. The smallest absolute Gasteiger partial charge is 0.227 e. The van der Waals surface area contributed by atoms with Crippen molar-refractivity contribution in [3.8, 4) is 0 Å². The van der Waals surface area contributed by atoms with Crippen LogP contribution in [0.4, 0.5) is 5.69 Å². The predicted molar refractivity (Wildman–Crippen MR) is 89.7 cm³/mol. The number of nitrogens with two attached hydrogens (primary N) is 1. The summed E-state index contributed by atoms with van der Waals surface area (Å²) in [6.45, 7) is 2.24. The van der Waals surface area contributed by atoms with Crippen LogP contribution in [0.5, 0.6) is 0 Å². The van der Waals surface area contributed by atoms with E-state index in [-0.39, 0.29) is 0 Å². The number of hydrogen-bond acceptors (Lipinski definition) is 6. The summed E-state index contributed by atoms with van der Waals surface area (Å²) in [5.74, 6) is 3.94.